The first-order valence-corrected chi connectivity index (χ1v) is 9.70. The fourth-order valence-corrected chi connectivity index (χ4v) is 3.32. The second kappa shape index (κ2) is 9.40. The molecule has 0 aliphatic carbocycles. The Hall–Kier alpha value is -2.55. The van der Waals surface area contributed by atoms with Crippen molar-refractivity contribution >= 4 is 17.9 Å². The highest BCUT2D eigenvalue weighted by Crippen LogP contribution is 2.20. The van der Waals surface area contributed by atoms with Crippen LogP contribution in [0, 0.1) is 31.1 Å². The lowest BCUT2D eigenvalue weighted by atomic mass is 10.1. The molecule has 1 unspecified atom stereocenters. The van der Waals surface area contributed by atoms with Crippen molar-refractivity contribution in [1.82, 2.24) is 15.2 Å². The molecule has 1 fully saturated rings. The third-order valence-electron chi connectivity index (χ3n) is 5.05. The van der Waals surface area contributed by atoms with E-state index in [1.807, 2.05) is 26.0 Å². The standard InChI is InChI=1S/C21H30N4O2/c1-14(2)8-10-25-15(3)11-17(16(25)4)12-18(13-22)20(26)24-19-7-5-6-9-23-21(19)27/h11-12,14,19H,5-10H2,1-4H3,(H,23,27)(H,24,26). The van der Waals surface area contributed by atoms with Gasteiger partial charge in [0.15, 0.2) is 0 Å². The van der Waals surface area contributed by atoms with Crippen LogP contribution in [-0.2, 0) is 16.1 Å². The van der Waals surface area contributed by atoms with Crippen molar-refractivity contribution in [3.63, 3.8) is 0 Å². The summed E-state index contributed by atoms with van der Waals surface area (Å²) < 4.78 is 2.22. The molecule has 1 saturated heterocycles. The molecule has 0 radical (unpaired) electrons. The monoisotopic (exact) mass is 370 g/mol. The van der Waals surface area contributed by atoms with E-state index >= 15 is 0 Å². The van der Waals surface area contributed by atoms with E-state index in [2.05, 4.69) is 29.0 Å². The van der Waals surface area contributed by atoms with E-state index in [4.69, 9.17) is 0 Å². The second-order valence-corrected chi connectivity index (χ2v) is 7.64. The topological polar surface area (TPSA) is 86.9 Å². The number of nitrogens with one attached hydrogen (secondary N) is 2. The van der Waals surface area contributed by atoms with Crippen molar-refractivity contribution in [1.29, 1.82) is 5.26 Å². The van der Waals surface area contributed by atoms with Crippen molar-refractivity contribution in [3.8, 4) is 6.07 Å². The number of carbonyl (C=O) groups excluding carboxylic acids is 2. The zero-order chi connectivity index (χ0) is 20.0. The van der Waals surface area contributed by atoms with Gasteiger partial charge in [0.2, 0.25) is 5.91 Å². The Labute approximate surface area is 161 Å². The quantitative estimate of drug-likeness (QED) is 0.596. The Bertz CT molecular complexity index is 768. The fourth-order valence-electron chi connectivity index (χ4n) is 3.32. The van der Waals surface area contributed by atoms with Gasteiger partial charge in [0.25, 0.3) is 5.91 Å². The molecule has 2 rings (SSSR count). The lowest BCUT2D eigenvalue weighted by Crippen LogP contribution is -2.45. The first kappa shape index (κ1) is 20.8. The van der Waals surface area contributed by atoms with E-state index in [-0.39, 0.29) is 11.5 Å². The Kier molecular flexibility index (Phi) is 7.23. The number of aromatic nitrogens is 1. The van der Waals surface area contributed by atoms with Crippen molar-refractivity contribution in [2.75, 3.05) is 6.54 Å². The molecule has 1 aliphatic rings. The summed E-state index contributed by atoms with van der Waals surface area (Å²) in [6, 6.07) is 3.41. The molecule has 2 N–H and O–H groups in total. The maximum absolute atomic E-state index is 12.5. The molecule has 2 heterocycles. The van der Waals surface area contributed by atoms with E-state index < -0.39 is 11.9 Å². The average Bonchev–Trinajstić information content (AvgIpc) is 2.75. The molecule has 0 saturated carbocycles. The molecule has 1 aromatic heterocycles. The van der Waals surface area contributed by atoms with E-state index in [0.717, 1.165) is 42.8 Å². The Morgan fingerprint density at radius 2 is 2.19 bits per heavy atom. The number of aryl methyl sites for hydroxylation is 1. The molecule has 0 aromatic carbocycles. The maximum Gasteiger partial charge on any atom is 0.262 e. The molecular formula is C21H30N4O2. The molecule has 0 bridgehead atoms. The number of hydrogen-bond donors (Lipinski definition) is 2. The molecule has 1 atom stereocenters. The number of nitrogens with zero attached hydrogens (tertiary/aromatic N) is 2. The molecule has 146 valence electrons. The normalized spacial score (nSPS) is 18.0. The third kappa shape index (κ3) is 5.46. The zero-order valence-corrected chi connectivity index (χ0v) is 16.8. The van der Waals surface area contributed by atoms with Crippen molar-refractivity contribution < 1.29 is 9.59 Å². The third-order valence-corrected chi connectivity index (χ3v) is 5.05. The van der Waals surface area contributed by atoms with Gasteiger partial charge in [-0.3, -0.25) is 9.59 Å². The lowest BCUT2D eigenvalue weighted by molar-refractivity contribution is -0.127. The van der Waals surface area contributed by atoms with Crippen LogP contribution >= 0.6 is 0 Å². The van der Waals surface area contributed by atoms with E-state index in [1.54, 1.807) is 6.08 Å². The molecule has 2 amide bonds. The molecule has 27 heavy (non-hydrogen) atoms. The van der Waals surface area contributed by atoms with Crippen LogP contribution in [0.1, 0.15) is 56.5 Å². The highest BCUT2D eigenvalue weighted by Gasteiger charge is 2.24. The van der Waals surface area contributed by atoms with Crippen LogP contribution in [0.25, 0.3) is 6.08 Å². The van der Waals surface area contributed by atoms with Crippen LogP contribution in [0.2, 0.25) is 0 Å². The van der Waals surface area contributed by atoms with Crippen LogP contribution in [0.15, 0.2) is 11.6 Å². The maximum atomic E-state index is 12.5. The molecule has 0 spiro atoms. The summed E-state index contributed by atoms with van der Waals surface area (Å²) in [7, 11) is 0. The first-order chi connectivity index (χ1) is 12.8. The van der Waals surface area contributed by atoms with Gasteiger partial charge in [0.1, 0.15) is 17.7 Å². The van der Waals surface area contributed by atoms with Gasteiger partial charge < -0.3 is 15.2 Å². The Balaban J connectivity index is 2.17. The van der Waals surface area contributed by atoms with E-state index in [0.29, 0.717) is 18.9 Å². The zero-order valence-electron chi connectivity index (χ0n) is 16.8. The predicted molar refractivity (Wildman–Crippen MR) is 106 cm³/mol. The fraction of sp³-hybridized carbons (Fsp3) is 0.571. The second-order valence-electron chi connectivity index (χ2n) is 7.64. The van der Waals surface area contributed by atoms with Gasteiger partial charge in [-0.2, -0.15) is 5.26 Å². The van der Waals surface area contributed by atoms with Crippen molar-refractivity contribution in [3.05, 3.63) is 28.6 Å². The summed E-state index contributed by atoms with van der Waals surface area (Å²) in [6.45, 7) is 9.97. The summed E-state index contributed by atoms with van der Waals surface area (Å²) in [4.78, 5) is 24.6. The number of hydrogen-bond acceptors (Lipinski definition) is 3. The number of carbonyl (C=O) groups is 2. The minimum atomic E-state index is -0.574. The summed E-state index contributed by atoms with van der Waals surface area (Å²) in [5, 5.41) is 15.0. The molecule has 1 aliphatic heterocycles. The van der Waals surface area contributed by atoms with Crippen molar-refractivity contribution in [2.24, 2.45) is 5.92 Å². The van der Waals surface area contributed by atoms with E-state index in [9.17, 15) is 14.9 Å². The van der Waals surface area contributed by atoms with Gasteiger partial charge in [-0.05, 0) is 63.2 Å². The first-order valence-electron chi connectivity index (χ1n) is 9.70. The van der Waals surface area contributed by atoms with Crippen LogP contribution in [0.3, 0.4) is 0 Å². The lowest BCUT2D eigenvalue weighted by Gasteiger charge is -2.14. The number of nitriles is 1. The average molecular weight is 370 g/mol. The minimum Gasteiger partial charge on any atom is -0.354 e. The Morgan fingerprint density at radius 3 is 2.85 bits per heavy atom. The minimum absolute atomic E-state index is 0.0242. The Morgan fingerprint density at radius 1 is 1.44 bits per heavy atom. The highest BCUT2D eigenvalue weighted by atomic mass is 16.2. The number of rotatable bonds is 6. The summed E-state index contributed by atoms with van der Waals surface area (Å²) >= 11 is 0. The van der Waals surface area contributed by atoms with Crippen LogP contribution < -0.4 is 10.6 Å². The van der Waals surface area contributed by atoms with Gasteiger partial charge in [0.05, 0.1) is 0 Å². The number of amides is 2. The predicted octanol–water partition coefficient (Wildman–Crippen LogP) is 2.84. The molecule has 1 aromatic rings. The summed E-state index contributed by atoms with van der Waals surface area (Å²) in [5.41, 5.74) is 3.05. The van der Waals surface area contributed by atoms with Gasteiger partial charge >= 0.3 is 0 Å². The molecule has 6 heteroatoms. The van der Waals surface area contributed by atoms with Gasteiger partial charge in [0, 0.05) is 24.5 Å². The van der Waals surface area contributed by atoms with Gasteiger partial charge in [-0.25, -0.2) is 0 Å². The SMILES string of the molecule is Cc1cc(C=C(C#N)C(=O)NC2CCCCNC2=O)c(C)n1CCC(C)C. The summed E-state index contributed by atoms with van der Waals surface area (Å²) in [5.74, 6) is -0.0621. The van der Waals surface area contributed by atoms with Crippen LogP contribution in [0.4, 0.5) is 0 Å². The van der Waals surface area contributed by atoms with Gasteiger partial charge in [-0.1, -0.05) is 13.8 Å². The van der Waals surface area contributed by atoms with Crippen molar-refractivity contribution in [2.45, 2.75) is 66.0 Å². The molecule has 6 nitrogen and oxygen atoms in total. The molecular weight excluding hydrogens is 340 g/mol. The largest absolute Gasteiger partial charge is 0.354 e. The van der Waals surface area contributed by atoms with Gasteiger partial charge in [-0.15, -0.1) is 0 Å². The smallest absolute Gasteiger partial charge is 0.262 e. The highest BCUT2D eigenvalue weighted by molar-refractivity contribution is 6.03. The summed E-state index contributed by atoms with van der Waals surface area (Å²) in [6.07, 6.45) is 5.06. The van der Waals surface area contributed by atoms with Crippen LogP contribution in [0.5, 0.6) is 0 Å². The van der Waals surface area contributed by atoms with Crippen LogP contribution in [-0.4, -0.2) is 29.0 Å². The van der Waals surface area contributed by atoms with E-state index in [1.165, 1.54) is 0 Å².